The van der Waals surface area contributed by atoms with Gasteiger partial charge in [0.05, 0.1) is 11.6 Å². The fourth-order valence-electron chi connectivity index (χ4n) is 1.48. The summed E-state index contributed by atoms with van der Waals surface area (Å²) in [5, 5.41) is 22.8. The molecule has 6 heteroatoms. The van der Waals surface area contributed by atoms with Crippen LogP contribution in [0.5, 0.6) is 5.75 Å². The Bertz CT molecular complexity index is 386. The molecule has 0 aliphatic heterocycles. The standard InChI is InChI=1S/C13H19Cl2NO3/c1-2-10(7-17)16-6-11(18)8-19-13-4-3-9(14)5-12(13)15/h3-5,10-11,16-18H,2,6-8H2,1H3. The van der Waals surface area contributed by atoms with Crippen molar-refractivity contribution in [2.45, 2.75) is 25.5 Å². The minimum Gasteiger partial charge on any atom is -0.489 e. The first-order valence-corrected chi connectivity index (χ1v) is 6.92. The van der Waals surface area contributed by atoms with Gasteiger partial charge in [-0.1, -0.05) is 30.1 Å². The zero-order valence-corrected chi connectivity index (χ0v) is 12.3. The molecule has 0 fully saturated rings. The van der Waals surface area contributed by atoms with E-state index in [0.717, 1.165) is 6.42 Å². The minimum atomic E-state index is -0.674. The van der Waals surface area contributed by atoms with Crippen LogP contribution < -0.4 is 10.1 Å². The van der Waals surface area contributed by atoms with Gasteiger partial charge in [-0.25, -0.2) is 0 Å². The highest BCUT2D eigenvalue weighted by atomic mass is 35.5. The SMILES string of the molecule is CCC(CO)NCC(O)COc1ccc(Cl)cc1Cl. The number of halogens is 2. The Morgan fingerprint density at radius 2 is 2.11 bits per heavy atom. The third-order valence-corrected chi connectivity index (χ3v) is 3.21. The van der Waals surface area contributed by atoms with E-state index in [0.29, 0.717) is 22.3 Å². The maximum absolute atomic E-state index is 9.76. The first kappa shape index (κ1) is 16.5. The van der Waals surface area contributed by atoms with Gasteiger partial charge in [0.25, 0.3) is 0 Å². The van der Waals surface area contributed by atoms with Crippen LogP contribution >= 0.6 is 23.2 Å². The Morgan fingerprint density at radius 1 is 1.37 bits per heavy atom. The number of hydrogen-bond acceptors (Lipinski definition) is 4. The largest absolute Gasteiger partial charge is 0.489 e. The second-order valence-corrected chi connectivity index (χ2v) is 5.08. The summed E-state index contributed by atoms with van der Waals surface area (Å²) in [6.07, 6.45) is 0.125. The number of aliphatic hydroxyl groups excluding tert-OH is 2. The zero-order chi connectivity index (χ0) is 14.3. The van der Waals surface area contributed by atoms with E-state index in [-0.39, 0.29) is 19.3 Å². The molecule has 1 aromatic carbocycles. The monoisotopic (exact) mass is 307 g/mol. The van der Waals surface area contributed by atoms with Crippen LogP contribution in [0.3, 0.4) is 0 Å². The normalized spacial score (nSPS) is 14.2. The second-order valence-electron chi connectivity index (χ2n) is 4.24. The summed E-state index contributed by atoms with van der Waals surface area (Å²) in [6, 6.07) is 4.91. The molecule has 0 amide bonds. The summed E-state index contributed by atoms with van der Waals surface area (Å²) < 4.78 is 5.41. The van der Waals surface area contributed by atoms with Crippen molar-refractivity contribution in [3.63, 3.8) is 0 Å². The van der Waals surface area contributed by atoms with Gasteiger partial charge in [0.1, 0.15) is 18.5 Å². The molecule has 108 valence electrons. The molecule has 1 rings (SSSR count). The van der Waals surface area contributed by atoms with Gasteiger partial charge in [-0.3, -0.25) is 0 Å². The van der Waals surface area contributed by atoms with E-state index >= 15 is 0 Å². The van der Waals surface area contributed by atoms with Crippen LogP contribution in [-0.4, -0.2) is 42.1 Å². The lowest BCUT2D eigenvalue weighted by Gasteiger charge is -2.18. The lowest BCUT2D eigenvalue weighted by Crippen LogP contribution is -2.39. The summed E-state index contributed by atoms with van der Waals surface area (Å²) in [6.45, 7) is 2.48. The molecule has 0 aliphatic rings. The quantitative estimate of drug-likeness (QED) is 0.688. The fraction of sp³-hybridized carbons (Fsp3) is 0.538. The number of nitrogens with one attached hydrogen (secondary N) is 1. The highest BCUT2D eigenvalue weighted by molar-refractivity contribution is 6.35. The Kier molecular flexibility index (Phi) is 7.49. The van der Waals surface area contributed by atoms with Crippen molar-refractivity contribution in [1.82, 2.24) is 5.32 Å². The van der Waals surface area contributed by atoms with Crippen molar-refractivity contribution in [3.8, 4) is 5.75 Å². The minimum absolute atomic E-state index is 0.00577. The molecule has 0 aliphatic carbocycles. The smallest absolute Gasteiger partial charge is 0.138 e. The topological polar surface area (TPSA) is 61.7 Å². The molecular formula is C13H19Cl2NO3. The van der Waals surface area contributed by atoms with Crippen LogP contribution in [0.15, 0.2) is 18.2 Å². The molecule has 2 unspecified atom stereocenters. The molecule has 0 spiro atoms. The molecule has 1 aromatic rings. The maximum Gasteiger partial charge on any atom is 0.138 e. The number of hydrogen-bond donors (Lipinski definition) is 3. The van der Waals surface area contributed by atoms with E-state index in [9.17, 15) is 5.11 Å². The molecule has 19 heavy (non-hydrogen) atoms. The van der Waals surface area contributed by atoms with Gasteiger partial charge in [-0.2, -0.15) is 0 Å². The number of ether oxygens (including phenoxy) is 1. The van der Waals surface area contributed by atoms with Gasteiger partial charge in [0.2, 0.25) is 0 Å². The van der Waals surface area contributed by atoms with Crippen LogP contribution in [0.1, 0.15) is 13.3 Å². The summed E-state index contributed by atoms with van der Waals surface area (Å²) in [4.78, 5) is 0. The summed E-state index contributed by atoms with van der Waals surface area (Å²) in [7, 11) is 0. The number of aliphatic hydroxyl groups is 2. The summed E-state index contributed by atoms with van der Waals surface area (Å²) >= 11 is 11.7. The van der Waals surface area contributed by atoms with Gasteiger partial charge in [-0.05, 0) is 24.6 Å². The average molecular weight is 308 g/mol. The van der Waals surface area contributed by atoms with Gasteiger partial charge >= 0.3 is 0 Å². The molecule has 0 radical (unpaired) electrons. The molecular weight excluding hydrogens is 289 g/mol. The summed E-state index contributed by atoms with van der Waals surface area (Å²) in [5.41, 5.74) is 0. The summed E-state index contributed by atoms with van der Waals surface area (Å²) in [5.74, 6) is 0.485. The lowest BCUT2D eigenvalue weighted by atomic mass is 10.2. The van der Waals surface area contributed by atoms with Gasteiger partial charge < -0.3 is 20.3 Å². The zero-order valence-electron chi connectivity index (χ0n) is 10.8. The lowest BCUT2D eigenvalue weighted by molar-refractivity contribution is 0.0995. The van der Waals surface area contributed by atoms with E-state index in [1.807, 2.05) is 6.92 Å². The predicted molar refractivity (Wildman–Crippen MR) is 77.1 cm³/mol. The highest BCUT2D eigenvalue weighted by Crippen LogP contribution is 2.27. The third kappa shape index (κ3) is 5.97. The van der Waals surface area contributed by atoms with E-state index < -0.39 is 6.10 Å². The van der Waals surface area contributed by atoms with Gasteiger partial charge in [-0.15, -0.1) is 0 Å². The predicted octanol–water partition coefficient (Wildman–Crippen LogP) is 2.09. The first-order chi connectivity index (χ1) is 9.06. The van der Waals surface area contributed by atoms with E-state index in [4.69, 9.17) is 33.0 Å². The van der Waals surface area contributed by atoms with Gasteiger partial charge in [0.15, 0.2) is 0 Å². The third-order valence-electron chi connectivity index (χ3n) is 2.68. The van der Waals surface area contributed by atoms with Crippen molar-refractivity contribution in [2.75, 3.05) is 19.8 Å². The van der Waals surface area contributed by atoms with Crippen LogP contribution in [0.2, 0.25) is 10.0 Å². The first-order valence-electron chi connectivity index (χ1n) is 6.17. The fourth-order valence-corrected chi connectivity index (χ4v) is 1.94. The number of rotatable bonds is 8. The van der Waals surface area contributed by atoms with Crippen LogP contribution in [0, 0.1) is 0 Å². The molecule has 2 atom stereocenters. The average Bonchev–Trinajstić information content (AvgIpc) is 2.39. The van der Waals surface area contributed by atoms with Gasteiger partial charge in [0, 0.05) is 17.6 Å². The second kappa shape index (κ2) is 8.61. The molecule has 0 bridgehead atoms. The Labute approximate surface area is 123 Å². The van der Waals surface area contributed by atoms with E-state index in [2.05, 4.69) is 5.32 Å². The Morgan fingerprint density at radius 3 is 2.68 bits per heavy atom. The maximum atomic E-state index is 9.76. The van der Waals surface area contributed by atoms with Crippen LogP contribution in [0.25, 0.3) is 0 Å². The Hall–Kier alpha value is -0.520. The number of benzene rings is 1. The van der Waals surface area contributed by atoms with Crippen molar-refractivity contribution in [1.29, 1.82) is 0 Å². The van der Waals surface area contributed by atoms with Crippen LogP contribution in [0.4, 0.5) is 0 Å². The molecule has 3 N–H and O–H groups in total. The van der Waals surface area contributed by atoms with Crippen molar-refractivity contribution >= 4 is 23.2 Å². The molecule has 0 aromatic heterocycles. The van der Waals surface area contributed by atoms with Crippen molar-refractivity contribution in [2.24, 2.45) is 0 Å². The van der Waals surface area contributed by atoms with E-state index in [1.165, 1.54) is 0 Å². The molecule has 0 heterocycles. The van der Waals surface area contributed by atoms with Crippen LogP contribution in [-0.2, 0) is 0 Å². The van der Waals surface area contributed by atoms with E-state index in [1.54, 1.807) is 18.2 Å². The van der Waals surface area contributed by atoms with Crippen molar-refractivity contribution in [3.05, 3.63) is 28.2 Å². The van der Waals surface area contributed by atoms with Crippen molar-refractivity contribution < 1.29 is 14.9 Å². The molecule has 0 saturated carbocycles. The Balaban J connectivity index is 2.35. The molecule has 0 saturated heterocycles. The highest BCUT2D eigenvalue weighted by Gasteiger charge is 2.10. The molecule has 4 nitrogen and oxygen atoms in total.